The Morgan fingerprint density at radius 3 is 2.62 bits per heavy atom. The molecule has 1 aromatic carbocycles. The normalized spacial score (nSPS) is 14.8. The second-order valence-electron chi connectivity index (χ2n) is 3.69. The van der Waals surface area contributed by atoms with Gasteiger partial charge in [-0.3, -0.25) is 0 Å². The zero-order chi connectivity index (χ0) is 11.8. The van der Waals surface area contributed by atoms with Crippen molar-refractivity contribution in [3.8, 4) is 0 Å². The monoisotopic (exact) mass is 316 g/mol. The molecule has 1 unspecified atom stereocenters. The van der Waals surface area contributed by atoms with Crippen LogP contribution in [0.15, 0.2) is 40.9 Å². The van der Waals surface area contributed by atoms with Crippen molar-refractivity contribution in [3.63, 3.8) is 0 Å². The molecule has 0 amide bonds. The summed E-state index contributed by atoms with van der Waals surface area (Å²) in [5.74, 6) is 0. The molecule has 16 heavy (non-hydrogen) atoms. The lowest BCUT2D eigenvalue weighted by atomic mass is 9.94. The van der Waals surface area contributed by atoms with E-state index in [0.717, 1.165) is 14.9 Å². The first-order valence-electron chi connectivity index (χ1n) is 4.74. The molecule has 1 N–H and O–H groups in total. The molecule has 0 aliphatic carbocycles. The van der Waals surface area contributed by atoms with Gasteiger partial charge in [-0.1, -0.05) is 39.7 Å². The number of aliphatic hydroxyl groups is 1. The second kappa shape index (κ2) is 4.49. The Morgan fingerprint density at radius 1 is 1.31 bits per heavy atom. The van der Waals surface area contributed by atoms with Gasteiger partial charge in [0.1, 0.15) is 5.60 Å². The van der Waals surface area contributed by atoms with Crippen LogP contribution < -0.4 is 0 Å². The average molecular weight is 318 g/mol. The molecule has 0 fully saturated rings. The van der Waals surface area contributed by atoms with Crippen molar-refractivity contribution < 1.29 is 5.11 Å². The maximum Gasteiger partial charge on any atom is 0.121 e. The van der Waals surface area contributed by atoms with Gasteiger partial charge in [-0.25, -0.2) is 0 Å². The fourth-order valence-electron chi connectivity index (χ4n) is 1.51. The first kappa shape index (κ1) is 12.1. The number of hydrogen-bond acceptors (Lipinski definition) is 2. The van der Waals surface area contributed by atoms with Crippen LogP contribution in [0, 0.1) is 0 Å². The molecular weight excluding hydrogens is 308 g/mol. The van der Waals surface area contributed by atoms with Gasteiger partial charge in [0.15, 0.2) is 0 Å². The van der Waals surface area contributed by atoms with E-state index in [2.05, 4.69) is 15.9 Å². The predicted octanol–water partition coefficient (Wildman–Crippen LogP) is 4.42. The van der Waals surface area contributed by atoms with Crippen LogP contribution in [0.25, 0.3) is 0 Å². The van der Waals surface area contributed by atoms with Gasteiger partial charge in [-0.2, -0.15) is 0 Å². The fourth-order valence-corrected chi connectivity index (χ4v) is 3.02. The molecule has 4 heteroatoms. The number of hydrogen-bond donors (Lipinski definition) is 1. The molecule has 0 bridgehead atoms. The molecule has 0 aliphatic heterocycles. The third-order valence-corrected chi connectivity index (χ3v) is 4.37. The molecule has 84 valence electrons. The van der Waals surface area contributed by atoms with E-state index in [1.807, 2.05) is 30.3 Å². The van der Waals surface area contributed by atoms with Gasteiger partial charge >= 0.3 is 0 Å². The van der Waals surface area contributed by atoms with Crippen LogP contribution >= 0.6 is 38.9 Å². The highest BCUT2D eigenvalue weighted by molar-refractivity contribution is 9.10. The summed E-state index contributed by atoms with van der Waals surface area (Å²) in [6, 6.07) is 11.3. The maximum absolute atomic E-state index is 10.5. The van der Waals surface area contributed by atoms with E-state index in [1.54, 1.807) is 13.0 Å². The third kappa shape index (κ3) is 2.33. The Morgan fingerprint density at radius 2 is 2.06 bits per heavy atom. The lowest BCUT2D eigenvalue weighted by molar-refractivity contribution is 0.106. The molecule has 2 aromatic rings. The highest BCUT2D eigenvalue weighted by Gasteiger charge is 2.27. The summed E-state index contributed by atoms with van der Waals surface area (Å²) < 4.78 is 1.64. The zero-order valence-corrected chi connectivity index (χ0v) is 11.7. The van der Waals surface area contributed by atoms with E-state index in [9.17, 15) is 5.11 Å². The van der Waals surface area contributed by atoms with Gasteiger partial charge in [0.25, 0.3) is 0 Å². The largest absolute Gasteiger partial charge is 0.380 e. The molecule has 0 spiro atoms. The highest BCUT2D eigenvalue weighted by Crippen LogP contribution is 2.36. The minimum atomic E-state index is -0.998. The van der Waals surface area contributed by atoms with Crippen molar-refractivity contribution in [1.82, 2.24) is 0 Å². The zero-order valence-electron chi connectivity index (χ0n) is 8.58. The minimum Gasteiger partial charge on any atom is -0.380 e. The van der Waals surface area contributed by atoms with Crippen molar-refractivity contribution in [2.75, 3.05) is 0 Å². The van der Waals surface area contributed by atoms with Crippen molar-refractivity contribution in [3.05, 3.63) is 55.6 Å². The summed E-state index contributed by atoms with van der Waals surface area (Å²) in [5, 5.41) is 10.5. The first-order valence-corrected chi connectivity index (χ1v) is 6.73. The minimum absolute atomic E-state index is 0.685. The summed E-state index contributed by atoms with van der Waals surface area (Å²) in [5.41, 5.74) is -0.151. The Hall–Kier alpha value is -0.350. The summed E-state index contributed by atoms with van der Waals surface area (Å²) in [4.78, 5) is 0.843. The van der Waals surface area contributed by atoms with Crippen LogP contribution in [0.1, 0.15) is 17.4 Å². The Kier molecular flexibility index (Phi) is 3.40. The lowest BCUT2D eigenvalue weighted by Crippen LogP contribution is -2.21. The molecule has 1 nitrogen and oxygen atoms in total. The molecule has 0 saturated carbocycles. The molecule has 1 heterocycles. The van der Waals surface area contributed by atoms with E-state index in [-0.39, 0.29) is 0 Å². The quantitative estimate of drug-likeness (QED) is 0.869. The number of benzene rings is 1. The molecular formula is C12H10BrClOS. The van der Waals surface area contributed by atoms with Crippen LogP contribution in [0.4, 0.5) is 0 Å². The van der Waals surface area contributed by atoms with Gasteiger partial charge < -0.3 is 5.11 Å². The Bertz CT molecular complexity index is 507. The number of rotatable bonds is 2. The van der Waals surface area contributed by atoms with Crippen LogP contribution in [0.3, 0.4) is 0 Å². The summed E-state index contributed by atoms with van der Waals surface area (Å²) >= 11 is 10.7. The molecule has 0 saturated heterocycles. The molecule has 1 atom stereocenters. The van der Waals surface area contributed by atoms with Gasteiger partial charge in [0.05, 0.1) is 4.34 Å². The maximum atomic E-state index is 10.5. The highest BCUT2D eigenvalue weighted by atomic mass is 79.9. The van der Waals surface area contributed by atoms with E-state index in [4.69, 9.17) is 11.6 Å². The predicted molar refractivity (Wildman–Crippen MR) is 72.1 cm³/mol. The molecule has 0 aliphatic rings. The van der Waals surface area contributed by atoms with E-state index in [1.165, 1.54) is 11.3 Å². The summed E-state index contributed by atoms with van der Waals surface area (Å²) in [7, 11) is 0. The van der Waals surface area contributed by atoms with Crippen molar-refractivity contribution in [2.45, 2.75) is 12.5 Å². The third-order valence-electron chi connectivity index (χ3n) is 2.44. The van der Waals surface area contributed by atoms with Gasteiger partial charge in [0, 0.05) is 9.35 Å². The van der Waals surface area contributed by atoms with Crippen molar-refractivity contribution in [1.29, 1.82) is 0 Å². The SMILES string of the molecule is CC(O)(c1cccc(Br)c1)c1ccc(Cl)s1. The lowest BCUT2D eigenvalue weighted by Gasteiger charge is -2.22. The van der Waals surface area contributed by atoms with Crippen LogP contribution in [0.5, 0.6) is 0 Å². The topological polar surface area (TPSA) is 20.2 Å². The van der Waals surface area contributed by atoms with Crippen LogP contribution in [-0.4, -0.2) is 5.11 Å². The van der Waals surface area contributed by atoms with Crippen LogP contribution in [-0.2, 0) is 5.60 Å². The van der Waals surface area contributed by atoms with Gasteiger partial charge in [-0.05, 0) is 36.8 Å². The molecule has 0 radical (unpaired) electrons. The van der Waals surface area contributed by atoms with E-state index < -0.39 is 5.60 Å². The smallest absolute Gasteiger partial charge is 0.121 e. The molecule has 2 rings (SSSR count). The second-order valence-corrected chi connectivity index (χ2v) is 6.32. The summed E-state index contributed by atoms with van der Waals surface area (Å²) in [6.45, 7) is 1.77. The Labute approximate surface area is 112 Å². The standard InChI is InChI=1S/C12H10BrClOS/c1-12(15,10-5-6-11(14)16-10)8-3-2-4-9(13)7-8/h2-7,15H,1H3. The molecule has 1 aromatic heterocycles. The fraction of sp³-hybridized carbons (Fsp3) is 0.167. The van der Waals surface area contributed by atoms with Crippen molar-refractivity contribution >= 4 is 38.9 Å². The van der Waals surface area contributed by atoms with E-state index in [0.29, 0.717) is 4.34 Å². The van der Waals surface area contributed by atoms with Gasteiger partial charge in [-0.15, -0.1) is 11.3 Å². The number of halogens is 2. The van der Waals surface area contributed by atoms with Crippen molar-refractivity contribution in [2.24, 2.45) is 0 Å². The van der Waals surface area contributed by atoms with E-state index >= 15 is 0 Å². The number of thiophene rings is 1. The summed E-state index contributed by atoms with van der Waals surface area (Å²) in [6.07, 6.45) is 0. The van der Waals surface area contributed by atoms with Crippen LogP contribution in [0.2, 0.25) is 4.34 Å². The van der Waals surface area contributed by atoms with Gasteiger partial charge in [0.2, 0.25) is 0 Å². The Balaban J connectivity index is 2.46. The first-order chi connectivity index (χ1) is 7.50. The average Bonchev–Trinajstić information content (AvgIpc) is 2.65.